The monoisotopic (exact) mass is 224 g/mol. The van der Waals surface area contributed by atoms with Crippen LogP contribution in [-0.2, 0) is 4.74 Å². The molecule has 0 aliphatic heterocycles. The molecule has 0 atom stereocenters. The highest BCUT2D eigenvalue weighted by molar-refractivity contribution is 7.11. The van der Waals surface area contributed by atoms with Crippen molar-refractivity contribution >= 4 is 17.0 Å². The second kappa shape index (κ2) is 6.44. The van der Waals surface area contributed by atoms with E-state index in [4.69, 9.17) is 10.00 Å². The van der Waals surface area contributed by atoms with Crippen molar-refractivity contribution in [1.82, 2.24) is 0 Å². The van der Waals surface area contributed by atoms with Gasteiger partial charge in [-0.05, 0) is 31.7 Å². The fourth-order valence-electron chi connectivity index (χ4n) is 1.15. The minimum atomic E-state index is 0.292. The largest absolute Gasteiger partial charge is 0.383 e. The van der Waals surface area contributed by atoms with Crippen LogP contribution in [0.1, 0.15) is 25.1 Å². The Labute approximate surface area is 94.7 Å². The van der Waals surface area contributed by atoms with Gasteiger partial charge in [-0.3, -0.25) is 0 Å². The van der Waals surface area contributed by atoms with Gasteiger partial charge in [-0.2, -0.15) is 5.26 Å². The highest BCUT2D eigenvalue weighted by atomic mass is 32.1. The summed E-state index contributed by atoms with van der Waals surface area (Å²) in [7, 11) is 0. The zero-order chi connectivity index (χ0) is 11.1. The summed E-state index contributed by atoms with van der Waals surface area (Å²) in [6.07, 6.45) is 1.25. The summed E-state index contributed by atoms with van der Waals surface area (Å²) in [5, 5.41) is 13.9. The maximum atomic E-state index is 8.78. The lowest BCUT2D eigenvalue weighted by Crippen LogP contribution is -2.09. The summed E-state index contributed by atoms with van der Waals surface area (Å²) in [5.74, 6) is 0. The molecule has 0 unspecified atom stereocenters. The van der Waals surface area contributed by atoms with E-state index in [2.05, 4.69) is 11.4 Å². The van der Waals surface area contributed by atoms with Crippen LogP contribution in [0.2, 0.25) is 0 Å². The third-order valence-corrected chi connectivity index (χ3v) is 2.67. The van der Waals surface area contributed by atoms with E-state index in [0.29, 0.717) is 6.10 Å². The van der Waals surface area contributed by atoms with Crippen molar-refractivity contribution in [2.75, 3.05) is 18.5 Å². The number of hydrogen-bond acceptors (Lipinski definition) is 4. The minimum Gasteiger partial charge on any atom is -0.383 e. The molecule has 0 aliphatic carbocycles. The Morgan fingerprint density at radius 1 is 1.60 bits per heavy atom. The van der Waals surface area contributed by atoms with Crippen LogP contribution in [-0.4, -0.2) is 19.3 Å². The van der Waals surface area contributed by atoms with Gasteiger partial charge in [0.2, 0.25) is 0 Å². The normalized spacial score (nSPS) is 10.3. The first kappa shape index (κ1) is 12.0. The van der Waals surface area contributed by atoms with Crippen LogP contribution in [0.25, 0.3) is 0 Å². The molecular formula is C11H16N2OS. The molecule has 0 aromatic carbocycles. The molecule has 0 bridgehead atoms. The minimum absolute atomic E-state index is 0.292. The lowest BCUT2D eigenvalue weighted by Gasteiger charge is -2.08. The fourth-order valence-corrected chi connectivity index (χ4v) is 1.81. The molecule has 1 aromatic rings. The first-order chi connectivity index (χ1) is 7.24. The first-order valence-electron chi connectivity index (χ1n) is 5.07. The third kappa shape index (κ3) is 4.32. The van der Waals surface area contributed by atoms with E-state index in [1.165, 1.54) is 11.3 Å². The predicted octanol–water partition coefficient (Wildman–Crippen LogP) is 2.85. The summed E-state index contributed by atoms with van der Waals surface area (Å²) in [6, 6.07) is 4.10. The lowest BCUT2D eigenvalue weighted by molar-refractivity contribution is 0.0787. The molecule has 0 radical (unpaired) electrons. The molecule has 82 valence electrons. The molecule has 15 heavy (non-hydrogen) atoms. The van der Waals surface area contributed by atoms with Crippen molar-refractivity contribution in [3.63, 3.8) is 0 Å². The number of anilines is 1. The maximum absolute atomic E-state index is 8.78. The number of thiophene rings is 1. The van der Waals surface area contributed by atoms with Crippen LogP contribution >= 0.6 is 11.3 Å². The Kier molecular flexibility index (Phi) is 5.16. The average Bonchev–Trinajstić information content (AvgIpc) is 2.64. The highest BCUT2D eigenvalue weighted by Crippen LogP contribution is 2.20. The van der Waals surface area contributed by atoms with Crippen molar-refractivity contribution in [3.05, 3.63) is 16.3 Å². The van der Waals surface area contributed by atoms with Crippen LogP contribution in [0, 0.1) is 11.3 Å². The number of nitrogens with zero attached hydrogens (tertiary/aromatic N) is 1. The lowest BCUT2D eigenvalue weighted by atomic mass is 10.3. The molecule has 4 heteroatoms. The van der Waals surface area contributed by atoms with Crippen LogP contribution in [0.4, 0.5) is 5.69 Å². The first-order valence-corrected chi connectivity index (χ1v) is 5.95. The van der Waals surface area contributed by atoms with E-state index in [9.17, 15) is 0 Å². The number of ether oxygens (including phenoxy) is 1. The number of rotatable bonds is 6. The van der Waals surface area contributed by atoms with E-state index in [-0.39, 0.29) is 0 Å². The van der Waals surface area contributed by atoms with E-state index >= 15 is 0 Å². The van der Waals surface area contributed by atoms with Crippen molar-refractivity contribution < 1.29 is 4.74 Å². The molecule has 1 aromatic heterocycles. The van der Waals surface area contributed by atoms with Gasteiger partial charge in [0.1, 0.15) is 10.9 Å². The summed E-state index contributed by atoms with van der Waals surface area (Å²) in [5.41, 5.74) is 0.937. The Morgan fingerprint density at radius 2 is 2.40 bits per heavy atom. The van der Waals surface area contributed by atoms with Gasteiger partial charge < -0.3 is 10.1 Å². The maximum Gasteiger partial charge on any atom is 0.128 e. The summed E-state index contributed by atoms with van der Waals surface area (Å²) in [6.45, 7) is 5.66. The van der Waals surface area contributed by atoms with Crippen LogP contribution in [0.3, 0.4) is 0 Å². The van der Waals surface area contributed by atoms with Gasteiger partial charge in [-0.15, -0.1) is 11.3 Å². The number of hydrogen-bond donors (Lipinski definition) is 1. The Morgan fingerprint density at radius 3 is 3.07 bits per heavy atom. The summed E-state index contributed by atoms with van der Waals surface area (Å²) < 4.78 is 5.42. The number of nitrogens with one attached hydrogen (secondary N) is 1. The van der Waals surface area contributed by atoms with Crippen molar-refractivity contribution in [2.24, 2.45) is 0 Å². The van der Waals surface area contributed by atoms with Crippen LogP contribution in [0.5, 0.6) is 0 Å². The van der Waals surface area contributed by atoms with Gasteiger partial charge in [0.15, 0.2) is 0 Å². The zero-order valence-corrected chi connectivity index (χ0v) is 9.93. The molecule has 0 saturated carbocycles. The average molecular weight is 224 g/mol. The highest BCUT2D eigenvalue weighted by Gasteiger charge is 2.01. The summed E-state index contributed by atoms with van der Waals surface area (Å²) >= 11 is 1.46. The molecule has 1 rings (SSSR count). The zero-order valence-electron chi connectivity index (χ0n) is 9.12. The molecule has 0 saturated heterocycles. The second-order valence-electron chi connectivity index (χ2n) is 3.48. The number of nitriles is 1. The molecule has 1 N–H and O–H groups in total. The van der Waals surface area contributed by atoms with Crippen molar-refractivity contribution in [1.29, 1.82) is 5.26 Å². The second-order valence-corrected chi connectivity index (χ2v) is 4.39. The molecule has 0 aliphatic rings. The van der Waals surface area contributed by atoms with Crippen LogP contribution < -0.4 is 5.32 Å². The standard InChI is InChI=1S/C11H16N2OS/c1-9(2)14-6-3-5-13-10-4-7-15-11(10)8-12/h4,7,9,13H,3,5-6H2,1-2H3. The van der Waals surface area contributed by atoms with Gasteiger partial charge >= 0.3 is 0 Å². The molecule has 0 spiro atoms. The Bertz CT molecular complexity index is 328. The van der Waals surface area contributed by atoms with E-state index in [1.807, 2.05) is 25.3 Å². The summed E-state index contributed by atoms with van der Waals surface area (Å²) in [4.78, 5) is 0.750. The van der Waals surface area contributed by atoms with Gasteiger partial charge in [-0.25, -0.2) is 0 Å². The fraction of sp³-hybridized carbons (Fsp3) is 0.545. The SMILES string of the molecule is CC(C)OCCCNc1ccsc1C#N. The van der Waals surface area contributed by atoms with E-state index in [1.54, 1.807) is 0 Å². The topological polar surface area (TPSA) is 45.0 Å². The van der Waals surface area contributed by atoms with Crippen molar-refractivity contribution in [3.8, 4) is 6.07 Å². The molecule has 1 heterocycles. The quantitative estimate of drug-likeness (QED) is 0.756. The van der Waals surface area contributed by atoms with Gasteiger partial charge in [0.05, 0.1) is 11.8 Å². The smallest absolute Gasteiger partial charge is 0.128 e. The Balaban J connectivity index is 2.18. The Hall–Kier alpha value is -1.05. The third-order valence-electron chi connectivity index (χ3n) is 1.85. The molecule has 0 fully saturated rings. The van der Waals surface area contributed by atoms with E-state index < -0.39 is 0 Å². The van der Waals surface area contributed by atoms with Crippen molar-refractivity contribution in [2.45, 2.75) is 26.4 Å². The molecule has 0 amide bonds. The van der Waals surface area contributed by atoms with E-state index in [0.717, 1.165) is 30.1 Å². The van der Waals surface area contributed by atoms with Gasteiger partial charge in [-0.1, -0.05) is 0 Å². The molecular weight excluding hydrogens is 208 g/mol. The van der Waals surface area contributed by atoms with Crippen LogP contribution in [0.15, 0.2) is 11.4 Å². The predicted molar refractivity (Wildman–Crippen MR) is 63.2 cm³/mol. The molecule has 3 nitrogen and oxygen atoms in total. The van der Waals surface area contributed by atoms with Gasteiger partial charge in [0, 0.05) is 13.2 Å². The van der Waals surface area contributed by atoms with Gasteiger partial charge in [0.25, 0.3) is 0 Å².